The van der Waals surface area contributed by atoms with E-state index < -0.39 is 0 Å². The zero-order chi connectivity index (χ0) is 11.8. The molecule has 0 N–H and O–H groups in total. The van der Waals surface area contributed by atoms with E-state index in [1.807, 2.05) is 37.3 Å². The maximum absolute atomic E-state index is 5.81. The molecule has 0 aliphatic heterocycles. The fourth-order valence-electron chi connectivity index (χ4n) is 2.01. The fraction of sp³-hybridized carbons (Fsp3) is 0.0714. The van der Waals surface area contributed by atoms with Gasteiger partial charge in [-0.15, -0.1) is 0 Å². The lowest BCUT2D eigenvalue weighted by Crippen LogP contribution is -1.91. The largest absolute Gasteiger partial charge is 0.456 e. The molecule has 0 saturated carbocycles. The van der Waals surface area contributed by atoms with Crippen molar-refractivity contribution in [2.24, 2.45) is 4.40 Å². The Bertz CT molecular complexity index is 727. The standard InChI is InChI=1S/C14H11NOS/c1-9(15-17)10-6-7-12-11-4-2-3-5-13(11)16-14(12)8-10/h2-8,17H,1H3/b15-9+. The monoisotopic (exact) mass is 241 g/mol. The van der Waals surface area contributed by atoms with Crippen molar-refractivity contribution < 1.29 is 4.42 Å². The SMILES string of the molecule is C/C(=N\S)c1ccc2c(c1)oc1ccccc12. The van der Waals surface area contributed by atoms with Crippen LogP contribution in [0.15, 0.2) is 51.3 Å². The predicted molar refractivity (Wildman–Crippen MR) is 74.9 cm³/mol. The highest BCUT2D eigenvalue weighted by molar-refractivity contribution is 7.79. The van der Waals surface area contributed by atoms with Crippen molar-refractivity contribution in [3.63, 3.8) is 0 Å². The highest BCUT2D eigenvalue weighted by Crippen LogP contribution is 2.29. The number of fused-ring (bicyclic) bond motifs is 3. The lowest BCUT2D eigenvalue weighted by atomic mass is 10.1. The third kappa shape index (κ3) is 1.63. The lowest BCUT2D eigenvalue weighted by Gasteiger charge is -1.97. The molecule has 1 aromatic heterocycles. The summed E-state index contributed by atoms with van der Waals surface area (Å²) in [6, 6.07) is 14.2. The van der Waals surface area contributed by atoms with Gasteiger partial charge in [-0.25, -0.2) is 4.40 Å². The van der Waals surface area contributed by atoms with Crippen molar-refractivity contribution in [1.82, 2.24) is 0 Å². The van der Waals surface area contributed by atoms with Gasteiger partial charge in [-0.05, 0) is 37.9 Å². The average molecular weight is 241 g/mol. The molecule has 3 aromatic rings. The van der Waals surface area contributed by atoms with Crippen LogP contribution >= 0.6 is 12.8 Å². The Morgan fingerprint density at radius 1 is 1.06 bits per heavy atom. The van der Waals surface area contributed by atoms with E-state index in [2.05, 4.69) is 29.3 Å². The molecule has 0 amide bonds. The third-order valence-electron chi connectivity index (χ3n) is 2.95. The van der Waals surface area contributed by atoms with Crippen molar-refractivity contribution >= 4 is 40.5 Å². The van der Waals surface area contributed by atoms with Gasteiger partial charge in [0.05, 0.1) is 5.71 Å². The summed E-state index contributed by atoms with van der Waals surface area (Å²) in [7, 11) is 0. The van der Waals surface area contributed by atoms with Crippen molar-refractivity contribution in [2.45, 2.75) is 6.92 Å². The highest BCUT2D eigenvalue weighted by atomic mass is 32.1. The molecular weight excluding hydrogens is 230 g/mol. The third-order valence-corrected chi connectivity index (χ3v) is 3.25. The first-order chi connectivity index (χ1) is 8.29. The summed E-state index contributed by atoms with van der Waals surface area (Å²) in [4.78, 5) is 0. The molecule has 0 aliphatic carbocycles. The summed E-state index contributed by atoms with van der Waals surface area (Å²) < 4.78 is 9.70. The van der Waals surface area contributed by atoms with Crippen molar-refractivity contribution in [2.75, 3.05) is 0 Å². The van der Waals surface area contributed by atoms with Gasteiger partial charge in [-0.2, -0.15) is 0 Å². The lowest BCUT2D eigenvalue weighted by molar-refractivity contribution is 0.669. The van der Waals surface area contributed by atoms with E-state index in [9.17, 15) is 0 Å². The normalized spacial score (nSPS) is 12.5. The predicted octanol–water partition coefficient (Wildman–Crippen LogP) is 4.24. The first kappa shape index (κ1) is 10.4. The van der Waals surface area contributed by atoms with Crippen LogP contribution in [0.25, 0.3) is 21.9 Å². The van der Waals surface area contributed by atoms with Gasteiger partial charge >= 0.3 is 0 Å². The molecule has 0 bridgehead atoms. The molecule has 17 heavy (non-hydrogen) atoms. The number of para-hydroxylation sites is 1. The van der Waals surface area contributed by atoms with Gasteiger partial charge in [0.25, 0.3) is 0 Å². The Hall–Kier alpha value is -1.74. The Morgan fingerprint density at radius 2 is 1.82 bits per heavy atom. The smallest absolute Gasteiger partial charge is 0.136 e. The van der Waals surface area contributed by atoms with Gasteiger partial charge in [0.2, 0.25) is 0 Å². The quantitative estimate of drug-likeness (QED) is 0.500. The Labute approximate surface area is 105 Å². The van der Waals surface area contributed by atoms with Crippen LogP contribution in [0.3, 0.4) is 0 Å². The van der Waals surface area contributed by atoms with Crippen LogP contribution in [-0.4, -0.2) is 5.71 Å². The van der Waals surface area contributed by atoms with Gasteiger partial charge in [-0.1, -0.05) is 24.3 Å². The van der Waals surface area contributed by atoms with Gasteiger partial charge in [-0.3, -0.25) is 0 Å². The number of furan rings is 1. The summed E-state index contributed by atoms with van der Waals surface area (Å²) in [6.45, 7) is 1.93. The average Bonchev–Trinajstić information content (AvgIpc) is 2.75. The number of hydrogen-bond donors (Lipinski definition) is 1. The Morgan fingerprint density at radius 3 is 2.65 bits per heavy atom. The minimum absolute atomic E-state index is 0.885. The van der Waals surface area contributed by atoms with Crippen LogP contribution in [0.1, 0.15) is 12.5 Å². The van der Waals surface area contributed by atoms with E-state index in [0.717, 1.165) is 33.2 Å². The molecule has 3 heteroatoms. The first-order valence-corrected chi connectivity index (χ1v) is 5.80. The molecule has 2 aromatic carbocycles. The molecule has 0 aliphatic rings. The summed E-state index contributed by atoms with van der Waals surface area (Å²) in [6.07, 6.45) is 0. The maximum Gasteiger partial charge on any atom is 0.136 e. The van der Waals surface area contributed by atoms with Crippen molar-refractivity contribution in [1.29, 1.82) is 0 Å². The van der Waals surface area contributed by atoms with Crippen LogP contribution < -0.4 is 0 Å². The molecule has 2 nitrogen and oxygen atoms in total. The Kier molecular flexibility index (Phi) is 2.41. The van der Waals surface area contributed by atoms with E-state index in [-0.39, 0.29) is 0 Å². The van der Waals surface area contributed by atoms with Crippen LogP contribution in [0.4, 0.5) is 0 Å². The van der Waals surface area contributed by atoms with Gasteiger partial charge in [0.15, 0.2) is 0 Å². The minimum atomic E-state index is 0.885. The minimum Gasteiger partial charge on any atom is -0.456 e. The van der Waals surface area contributed by atoms with Crippen molar-refractivity contribution in [3.05, 3.63) is 48.0 Å². The summed E-state index contributed by atoms with van der Waals surface area (Å²) in [5.41, 5.74) is 3.72. The molecule has 0 saturated heterocycles. The molecule has 84 valence electrons. The van der Waals surface area contributed by atoms with Crippen LogP contribution in [0.5, 0.6) is 0 Å². The number of thiol groups is 1. The summed E-state index contributed by atoms with van der Waals surface area (Å²) in [5.74, 6) is 0. The second-order valence-corrected chi connectivity index (χ2v) is 4.19. The highest BCUT2D eigenvalue weighted by Gasteiger charge is 2.07. The molecule has 3 rings (SSSR count). The second kappa shape index (κ2) is 3.93. The van der Waals surface area contributed by atoms with E-state index in [1.54, 1.807) is 0 Å². The van der Waals surface area contributed by atoms with Gasteiger partial charge in [0.1, 0.15) is 11.2 Å². The van der Waals surface area contributed by atoms with Gasteiger partial charge in [0, 0.05) is 16.3 Å². The van der Waals surface area contributed by atoms with E-state index in [0.29, 0.717) is 0 Å². The van der Waals surface area contributed by atoms with E-state index in [4.69, 9.17) is 4.42 Å². The zero-order valence-corrected chi connectivity index (χ0v) is 10.2. The molecular formula is C14H11NOS. The Balaban J connectivity index is 2.34. The van der Waals surface area contributed by atoms with E-state index in [1.165, 1.54) is 0 Å². The molecule has 0 unspecified atom stereocenters. The molecule has 0 radical (unpaired) electrons. The number of nitrogens with zero attached hydrogens (tertiary/aromatic N) is 1. The number of hydrogen-bond acceptors (Lipinski definition) is 3. The molecule has 1 heterocycles. The molecule has 0 spiro atoms. The van der Waals surface area contributed by atoms with Crippen molar-refractivity contribution in [3.8, 4) is 0 Å². The fourth-order valence-corrected chi connectivity index (χ4v) is 2.12. The van der Waals surface area contributed by atoms with Crippen LogP contribution in [0.2, 0.25) is 0 Å². The summed E-state index contributed by atoms with van der Waals surface area (Å²) >= 11 is 3.93. The number of benzene rings is 2. The van der Waals surface area contributed by atoms with E-state index >= 15 is 0 Å². The molecule has 0 fully saturated rings. The summed E-state index contributed by atoms with van der Waals surface area (Å²) in [5, 5.41) is 2.28. The van der Waals surface area contributed by atoms with Crippen LogP contribution in [-0.2, 0) is 0 Å². The van der Waals surface area contributed by atoms with Gasteiger partial charge < -0.3 is 4.42 Å². The number of rotatable bonds is 1. The molecule has 0 atom stereocenters. The first-order valence-electron chi connectivity index (χ1n) is 5.40. The topological polar surface area (TPSA) is 25.5 Å². The second-order valence-electron chi connectivity index (χ2n) is 3.99. The maximum atomic E-state index is 5.81. The zero-order valence-electron chi connectivity index (χ0n) is 9.34. The van der Waals surface area contributed by atoms with Crippen LogP contribution in [0, 0.1) is 0 Å².